The summed E-state index contributed by atoms with van der Waals surface area (Å²) in [6.45, 7) is 2.39. The Morgan fingerprint density at radius 2 is 2.00 bits per heavy atom. The molecule has 7 heteroatoms. The third kappa shape index (κ3) is 4.21. The Morgan fingerprint density at radius 1 is 1.16 bits per heavy atom. The average molecular weight is 362 g/mol. The zero-order chi connectivity index (χ0) is 16.2. The summed E-state index contributed by atoms with van der Waals surface area (Å²) in [6.07, 6.45) is 5.44. The molecule has 1 atom stereocenters. The SMILES string of the molecule is C1=C(c2ccc(C3=NO[C@H](COc4ccon4)C3)cc2)CCNC1.Cl. The van der Waals surface area contributed by atoms with Crippen LogP contribution in [0.2, 0.25) is 0 Å². The first-order valence-electron chi connectivity index (χ1n) is 8.15. The maximum Gasteiger partial charge on any atom is 0.254 e. The van der Waals surface area contributed by atoms with Gasteiger partial charge in [0.25, 0.3) is 5.88 Å². The highest BCUT2D eigenvalue weighted by molar-refractivity contribution is 6.01. The second kappa shape index (κ2) is 8.18. The van der Waals surface area contributed by atoms with Crippen molar-refractivity contribution < 1.29 is 14.1 Å². The summed E-state index contributed by atoms with van der Waals surface area (Å²) in [6, 6.07) is 10.2. The third-order valence-corrected chi connectivity index (χ3v) is 4.22. The molecule has 2 aliphatic heterocycles. The highest BCUT2D eigenvalue weighted by Gasteiger charge is 2.23. The van der Waals surface area contributed by atoms with Crippen LogP contribution >= 0.6 is 12.4 Å². The van der Waals surface area contributed by atoms with Crippen LogP contribution in [0.4, 0.5) is 0 Å². The van der Waals surface area contributed by atoms with Gasteiger partial charge in [0.2, 0.25) is 0 Å². The van der Waals surface area contributed by atoms with Crippen molar-refractivity contribution in [1.82, 2.24) is 10.5 Å². The molecule has 1 N–H and O–H groups in total. The normalized spacial score (nSPS) is 19.4. The first-order valence-corrected chi connectivity index (χ1v) is 8.15. The molecule has 0 radical (unpaired) electrons. The van der Waals surface area contributed by atoms with Gasteiger partial charge in [0.05, 0.1) is 5.71 Å². The van der Waals surface area contributed by atoms with E-state index in [9.17, 15) is 0 Å². The molecule has 4 rings (SSSR count). The van der Waals surface area contributed by atoms with E-state index in [2.05, 4.69) is 46.0 Å². The zero-order valence-corrected chi connectivity index (χ0v) is 14.5. The molecule has 0 saturated heterocycles. The quantitative estimate of drug-likeness (QED) is 0.886. The van der Waals surface area contributed by atoms with Gasteiger partial charge in [0, 0.05) is 19.0 Å². The number of aromatic nitrogens is 1. The Hall–Kier alpha value is -2.31. The van der Waals surface area contributed by atoms with E-state index in [-0.39, 0.29) is 18.5 Å². The number of rotatable bonds is 5. The molecule has 0 saturated carbocycles. The van der Waals surface area contributed by atoms with Crippen molar-refractivity contribution in [2.45, 2.75) is 18.9 Å². The maximum atomic E-state index is 5.50. The van der Waals surface area contributed by atoms with Gasteiger partial charge < -0.3 is 19.4 Å². The minimum atomic E-state index is -0.0940. The highest BCUT2D eigenvalue weighted by Crippen LogP contribution is 2.23. The van der Waals surface area contributed by atoms with Gasteiger partial charge in [-0.2, -0.15) is 0 Å². The van der Waals surface area contributed by atoms with E-state index >= 15 is 0 Å². The molecule has 0 amide bonds. The van der Waals surface area contributed by atoms with Crippen LogP contribution in [0.15, 0.2) is 52.3 Å². The van der Waals surface area contributed by atoms with Crippen LogP contribution in [0.1, 0.15) is 24.0 Å². The first-order chi connectivity index (χ1) is 11.9. The number of halogens is 1. The number of ether oxygens (including phenoxy) is 1. The lowest BCUT2D eigenvalue weighted by molar-refractivity contribution is 0.0446. The molecule has 0 aliphatic carbocycles. The Kier molecular flexibility index (Phi) is 5.73. The van der Waals surface area contributed by atoms with Crippen LogP contribution in [0, 0.1) is 0 Å². The van der Waals surface area contributed by atoms with Crippen molar-refractivity contribution in [3.05, 3.63) is 53.8 Å². The molecule has 0 bridgehead atoms. The van der Waals surface area contributed by atoms with Crippen molar-refractivity contribution in [1.29, 1.82) is 0 Å². The number of hydrogen-bond acceptors (Lipinski definition) is 6. The lowest BCUT2D eigenvalue weighted by Crippen LogP contribution is -2.20. The first kappa shape index (κ1) is 17.5. The van der Waals surface area contributed by atoms with Crippen LogP contribution in [-0.4, -0.2) is 36.7 Å². The molecule has 132 valence electrons. The molecule has 2 aromatic rings. The van der Waals surface area contributed by atoms with Gasteiger partial charge in [0.15, 0.2) is 6.10 Å². The molecule has 2 aliphatic rings. The monoisotopic (exact) mass is 361 g/mol. The number of nitrogens with one attached hydrogen (secondary N) is 1. The second-order valence-electron chi connectivity index (χ2n) is 5.88. The Labute approximate surface area is 152 Å². The van der Waals surface area contributed by atoms with E-state index in [4.69, 9.17) is 14.1 Å². The average Bonchev–Trinajstić information content (AvgIpc) is 3.33. The van der Waals surface area contributed by atoms with E-state index in [0.29, 0.717) is 12.5 Å². The summed E-state index contributed by atoms with van der Waals surface area (Å²) in [7, 11) is 0. The van der Waals surface area contributed by atoms with Crippen molar-refractivity contribution >= 4 is 23.7 Å². The standard InChI is InChI=1S/C18H19N3O3.ClH/c1-3-15(4-2-13(1)14-5-8-19-9-6-14)17-11-16(24-20-17)12-22-18-7-10-23-21-18;/h1-5,7,10,16,19H,6,8-9,11-12H2;1H/t16-;/m0./s1. The molecule has 3 heterocycles. The lowest BCUT2D eigenvalue weighted by atomic mass is 9.97. The fourth-order valence-electron chi connectivity index (χ4n) is 2.90. The molecule has 25 heavy (non-hydrogen) atoms. The molecule has 6 nitrogen and oxygen atoms in total. The Bertz CT molecular complexity index is 741. The van der Waals surface area contributed by atoms with Crippen LogP contribution < -0.4 is 10.1 Å². The van der Waals surface area contributed by atoms with Gasteiger partial charge in [-0.1, -0.05) is 35.5 Å². The van der Waals surface area contributed by atoms with Gasteiger partial charge in [-0.3, -0.25) is 0 Å². The minimum Gasteiger partial charge on any atom is -0.471 e. The summed E-state index contributed by atoms with van der Waals surface area (Å²) < 4.78 is 10.2. The van der Waals surface area contributed by atoms with Crippen molar-refractivity contribution in [2.24, 2.45) is 5.16 Å². The van der Waals surface area contributed by atoms with E-state index in [1.807, 2.05) is 0 Å². The predicted octanol–water partition coefficient (Wildman–Crippen LogP) is 3.05. The fraction of sp³-hybridized carbons (Fsp3) is 0.333. The number of oxime groups is 1. The van der Waals surface area contributed by atoms with Crippen molar-refractivity contribution in [3.8, 4) is 5.88 Å². The molecule has 0 fully saturated rings. The van der Waals surface area contributed by atoms with Crippen LogP contribution in [0.5, 0.6) is 5.88 Å². The van der Waals surface area contributed by atoms with E-state index in [1.54, 1.807) is 6.07 Å². The van der Waals surface area contributed by atoms with Crippen LogP contribution in [0.25, 0.3) is 5.57 Å². The van der Waals surface area contributed by atoms with E-state index in [1.165, 1.54) is 17.4 Å². The summed E-state index contributed by atoms with van der Waals surface area (Å²) in [4.78, 5) is 5.45. The third-order valence-electron chi connectivity index (χ3n) is 4.22. The second-order valence-corrected chi connectivity index (χ2v) is 5.88. The molecular formula is C18H20ClN3O3. The van der Waals surface area contributed by atoms with Crippen molar-refractivity contribution in [2.75, 3.05) is 19.7 Å². The molecular weight excluding hydrogens is 342 g/mol. The predicted molar refractivity (Wildman–Crippen MR) is 97.2 cm³/mol. The number of benzene rings is 1. The Balaban J connectivity index is 0.00000182. The van der Waals surface area contributed by atoms with Gasteiger partial charge >= 0.3 is 0 Å². The van der Waals surface area contributed by atoms with Gasteiger partial charge in [-0.05, 0) is 34.8 Å². The Morgan fingerprint density at radius 3 is 2.72 bits per heavy atom. The lowest BCUT2D eigenvalue weighted by Gasteiger charge is -2.14. The topological polar surface area (TPSA) is 68.9 Å². The summed E-state index contributed by atoms with van der Waals surface area (Å²) >= 11 is 0. The smallest absolute Gasteiger partial charge is 0.254 e. The minimum absolute atomic E-state index is 0. The fourth-order valence-corrected chi connectivity index (χ4v) is 2.90. The van der Waals surface area contributed by atoms with Gasteiger partial charge in [-0.25, -0.2) is 0 Å². The molecule has 1 aromatic carbocycles. The summed E-state index contributed by atoms with van der Waals surface area (Å²) in [5, 5.41) is 11.2. The number of hydrogen-bond donors (Lipinski definition) is 1. The highest BCUT2D eigenvalue weighted by atomic mass is 35.5. The van der Waals surface area contributed by atoms with Gasteiger partial charge in [-0.15, -0.1) is 12.4 Å². The van der Waals surface area contributed by atoms with Crippen LogP contribution in [-0.2, 0) is 4.84 Å². The van der Waals surface area contributed by atoms with Gasteiger partial charge in [0.1, 0.15) is 12.9 Å². The molecule has 1 aromatic heterocycles. The van der Waals surface area contributed by atoms with Crippen LogP contribution in [0.3, 0.4) is 0 Å². The summed E-state index contributed by atoms with van der Waals surface area (Å²) in [5.41, 5.74) is 4.74. The van der Waals surface area contributed by atoms with E-state index < -0.39 is 0 Å². The number of nitrogens with zero attached hydrogens (tertiary/aromatic N) is 2. The zero-order valence-electron chi connectivity index (χ0n) is 13.7. The molecule has 0 spiro atoms. The largest absolute Gasteiger partial charge is 0.471 e. The van der Waals surface area contributed by atoms with E-state index in [0.717, 1.165) is 37.2 Å². The van der Waals surface area contributed by atoms with Crippen molar-refractivity contribution in [3.63, 3.8) is 0 Å². The maximum absolute atomic E-state index is 5.50. The summed E-state index contributed by atoms with van der Waals surface area (Å²) in [5.74, 6) is 0.464. The molecule has 0 unspecified atom stereocenters.